The Labute approximate surface area is 123 Å². The Balaban J connectivity index is 1.97. The Morgan fingerprint density at radius 2 is 2.14 bits per heavy atom. The van der Waals surface area contributed by atoms with Gasteiger partial charge in [0.2, 0.25) is 0 Å². The second-order valence-corrected chi connectivity index (χ2v) is 5.34. The fourth-order valence-electron chi connectivity index (χ4n) is 2.81. The van der Waals surface area contributed by atoms with Gasteiger partial charge in [0.15, 0.2) is 5.82 Å². The molecule has 1 aliphatic heterocycles. The highest BCUT2D eigenvalue weighted by Gasteiger charge is 2.23. The highest BCUT2D eigenvalue weighted by molar-refractivity contribution is 5.90. The Morgan fingerprint density at radius 3 is 2.90 bits per heavy atom. The molecule has 0 spiro atoms. The van der Waals surface area contributed by atoms with Gasteiger partial charge in [0, 0.05) is 19.3 Å². The van der Waals surface area contributed by atoms with E-state index < -0.39 is 5.97 Å². The third kappa shape index (κ3) is 2.46. The Morgan fingerprint density at radius 1 is 1.33 bits per heavy atom. The van der Waals surface area contributed by atoms with E-state index in [0.717, 1.165) is 34.9 Å². The minimum atomic E-state index is -0.855. The first-order chi connectivity index (χ1) is 10.1. The molecule has 0 atom stereocenters. The van der Waals surface area contributed by atoms with Gasteiger partial charge >= 0.3 is 5.97 Å². The van der Waals surface area contributed by atoms with Gasteiger partial charge < -0.3 is 10.0 Å². The van der Waals surface area contributed by atoms with Crippen LogP contribution in [0.4, 0.5) is 5.82 Å². The van der Waals surface area contributed by atoms with Crippen molar-refractivity contribution in [1.29, 1.82) is 0 Å². The summed E-state index contributed by atoms with van der Waals surface area (Å²) in [7, 11) is 0. The van der Waals surface area contributed by atoms with E-state index in [2.05, 4.69) is 14.9 Å². The van der Waals surface area contributed by atoms with Crippen LogP contribution in [0.2, 0.25) is 0 Å². The number of anilines is 1. The second-order valence-electron chi connectivity index (χ2n) is 5.34. The summed E-state index contributed by atoms with van der Waals surface area (Å²) in [6.07, 6.45) is 2.48. The summed E-state index contributed by atoms with van der Waals surface area (Å²) in [5.41, 5.74) is 4.21. The van der Waals surface area contributed by atoms with Gasteiger partial charge in [0.25, 0.3) is 0 Å². The third-order valence-corrected chi connectivity index (χ3v) is 3.85. The SMILES string of the molecule is Cc1cnc(C)c(N2CCc3c(cccc3C(=O)O)C2)n1. The highest BCUT2D eigenvalue weighted by Crippen LogP contribution is 2.27. The molecule has 0 amide bonds. The number of hydrogen-bond donors (Lipinski definition) is 1. The van der Waals surface area contributed by atoms with Crippen LogP contribution >= 0.6 is 0 Å². The van der Waals surface area contributed by atoms with Gasteiger partial charge in [0.05, 0.1) is 17.0 Å². The average Bonchev–Trinajstić information content (AvgIpc) is 2.48. The van der Waals surface area contributed by atoms with Gasteiger partial charge in [-0.25, -0.2) is 9.78 Å². The Kier molecular flexibility index (Phi) is 3.33. The molecule has 0 unspecified atom stereocenters. The van der Waals surface area contributed by atoms with Gasteiger partial charge in [-0.3, -0.25) is 4.98 Å². The van der Waals surface area contributed by atoms with Crippen LogP contribution in [0.3, 0.4) is 0 Å². The van der Waals surface area contributed by atoms with Gasteiger partial charge in [-0.1, -0.05) is 12.1 Å². The van der Waals surface area contributed by atoms with Crippen molar-refractivity contribution in [3.8, 4) is 0 Å². The minimum absolute atomic E-state index is 0.416. The number of aromatic carboxylic acids is 1. The molecule has 1 aliphatic rings. The number of hydrogen-bond acceptors (Lipinski definition) is 4. The maximum absolute atomic E-state index is 11.3. The number of rotatable bonds is 2. The van der Waals surface area contributed by atoms with Gasteiger partial charge in [-0.05, 0) is 37.5 Å². The third-order valence-electron chi connectivity index (χ3n) is 3.85. The molecular weight excluding hydrogens is 266 g/mol. The van der Waals surface area contributed by atoms with E-state index in [0.29, 0.717) is 18.5 Å². The van der Waals surface area contributed by atoms with Crippen LogP contribution in [0.15, 0.2) is 24.4 Å². The molecule has 5 heteroatoms. The number of carbonyl (C=O) groups is 1. The molecule has 0 radical (unpaired) electrons. The Bertz CT molecular complexity index is 713. The van der Waals surface area contributed by atoms with Crippen molar-refractivity contribution >= 4 is 11.8 Å². The van der Waals surface area contributed by atoms with E-state index >= 15 is 0 Å². The number of aryl methyl sites for hydroxylation is 2. The van der Waals surface area contributed by atoms with Crippen LogP contribution in [-0.2, 0) is 13.0 Å². The lowest BCUT2D eigenvalue weighted by atomic mass is 9.94. The van der Waals surface area contributed by atoms with E-state index in [1.807, 2.05) is 19.9 Å². The quantitative estimate of drug-likeness (QED) is 0.916. The van der Waals surface area contributed by atoms with E-state index in [1.165, 1.54) is 0 Å². The number of aromatic nitrogens is 2. The molecule has 2 aromatic rings. The molecule has 5 nitrogen and oxygen atoms in total. The van der Waals surface area contributed by atoms with Crippen LogP contribution in [0, 0.1) is 13.8 Å². The lowest BCUT2D eigenvalue weighted by Crippen LogP contribution is -2.33. The summed E-state index contributed by atoms with van der Waals surface area (Å²) in [6, 6.07) is 5.47. The molecule has 2 heterocycles. The van der Waals surface area contributed by atoms with Crippen LogP contribution in [-0.4, -0.2) is 27.6 Å². The monoisotopic (exact) mass is 283 g/mol. The molecule has 3 rings (SSSR count). The first kappa shape index (κ1) is 13.5. The number of fused-ring (bicyclic) bond motifs is 1. The number of nitrogens with zero attached hydrogens (tertiary/aromatic N) is 3. The topological polar surface area (TPSA) is 66.3 Å². The van der Waals surface area contributed by atoms with Crippen molar-refractivity contribution in [2.45, 2.75) is 26.8 Å². The number of benzene rings is 1. The summed E-state index contributed by atoms with van der Waals surface area (Å²) in [4.78, 5) is 22.4. The maximum atomic E-state index is 11.3. The largest absolute Gasteiger partial charge is 0.478 e. The first-order valence-corrected chi connectivity index (χ1v) is 6.95. The molecule has 0 saturated carbocycles. The zero-order valence-electron chi connectivity index (χ0n) is 12.1. The second kappa shape index (κ2) is 5.16. The van der Waals surface area contributed by atoms with Crippen molar-refractivity contribution < 1.29 is 9.90 Å². The molecule has 108 valence electrons. The molecular formula is C16H17N3O2. The number of carboxylic acids is 1. The summed E-state index contributed by atoms with van der Waals surface area (Å²) in [5, 5.41) is 9.27. The van der Waals surface area contributed by atoms with E-state index in [-0.39, 0.29) is 0 Å². The van der Waals surface area contributed by atoms with Crippen molar-refractivity contribution in [1.82, 2.24) is 9.97 Å². The van der Waals surface area contributed by atoms with E-state index in [9.17, 15) is 9.90 Å². The lowest BCUT2D eigenvalue weighted by molar-refractivity contribution is 0.0695. The summed E-state index contributed by atoms with van der Waals surface area (Å²) < 4.78 is 0. The molecule has 0 saturated heterocycles. The van der Waals surface area contributed by atoms with Gasteiger partial charge in [-0.15, -0.1) is 0 Å². The van der Waals surface area contributed by atoms with E-state index in [1.54, 1.807) is 18.3 Å². The van der Waals surface area contributed by atoms with Crippen LogP contribution < -0.4 is 4.90 Å². The normalized spacial score (nSPS) is 13.9. The molecule has 1 aromatic heterocycles. The van der Waals surface area contributed by atoms with Crippen LogP contribution in [0.25, 0.3) is 0 Å². The highest BCUT2D eigenvalue weighted by atomic mass is 16.4. The van der Waals surface area contributed by atoms with Crippen LogP contribution in [0.5, 0.6) is 0 Å². The molecule has 0 aliphatic carbocycles. The van der Waals surface area contributed by atoms with Crippen molar-refractivity contribution in [2.24, 2.45) is 0 Å². The zero-order valence-corrected chi connectivity index (χ0v) is 12.1. The standard InChI is InChI=1S/C16H17N3O2/c1-10-8-17-11(2)15(18-10)19-7-6-13-12(9-19)4-3-5-14(13)16(20)21/h3-5,8H,6-7,9H2,1-2H3,(H,20,21). The van der Waals surface area contributed by atoms with E-state index in [4.69, 9.17) is 0 Å². The maximum Gasteiger partial charge on any atom is 0.335 e. The Hall–Kier alpha value is -2.43. The summed E-state index contributed by atoms with van der Waals surface area (Å²) in [5.74, 6) is 0.0354. The molecule has 0 fully saturated rings. The molecule has 1 aromatic carbocycles. The smallest absolute Gasteiger partial charge is 0.335 e. The molecule has 21 heavy (non-hydrogen) atoms. The fraction of sp³-hybridized carbons (Fsp3) is 0.312. The van der Waals surface area contributed by atoms with Gasteiger partial charge in [-0.2, -0.15) is 0 Å². The zero-order chi connectivity index (χ0) is 15.0. The molecule has 1 N–H and O–H groups in total. The van der Waals surface area contributed by atoms with Gasteiger partial charge in [0.1, 0.15) is 0 Å². The molecule has 0 bridgehead atoms. The van der Waals surface area contributed by atoms with Crippen molar-refractivity contribution in [3.63, 3.8) is 0 Å². The first-order valence-electron chi connectivity index (χ1n) is 6.95. The predicted molar refractivity (Wildman–Crippen MR) is 79.7 cm³/mol. The van der Waals surface area contributed by atoms with Crippen LogP contribution in [0.1, 0.15) is 32.9 Å². The van der Waals surface area contributed by atoms with Crippen molar-refractivity contribution in [2.75, 3.05) is 11.4 Å². The summed E-state index contributed by atoms with van der Waals surface area (Å²) in [6.45, 7) is 5.31. The fourth-order valence-corrected chi connectivity index (χ4v) is 2.81. The number of carboxylic acid groups (broad SMARTS) is 1. The lowest BCUT2D eigenvalue weighted by Gasteiger charge is -2.31. The average molecular weight is 283 g/mol. The minimum Gasteiger partial charge on any atom is -0.478 e. The predicted octanol–water partition coefficient (Wildman–Crippen LogP) is 2.35. The summed E-state index contributed by atoms with van der Waals surface area (Å²) >= 11 is 0. The van der Waals surface area contributed by atoms with Crippen molar-refractivity contribution in [3.05, 3.63) is 52.5 Å².